The number of hydrogen-bond donors (Lipinski definition) is 1. The van der Waals surface area contributed by atoms with Crippen molar-refractivity contribution >= 4 is 11.6 Å². The SMILES string of the molecule is Cc1ccc2nc(COc3ccccc3C(=O)O)cn2c1. The smallest absolute Gasteiger partial charge is 0.339 e. The van der Waals surface area contributed by atoms with E-state index < -0.39 is 5.97 Å². The topological polar surface area (TPSA) is 63.8 Å². The van der Waals surface area contributed by atoms with E-state index in [1.165, 1.54) is 6.07 Å². The maximum absolute atomic E-state index is 11.1. The van der Waals surface area contributed by atoms with E-state index in [9.17, 15) is 4.79 Å². The Labute approximate surface area is 121 Å². The van der Waals surface area contributed by atoms with Crippen molar-refractivity contribution in [2.75, 3.05) is 0 Å². The first-order chi connectivity index (χ1) is 10.1. The van der Waals surface area contributed by atoms with Crippen LogP contribution in [0, 0.1) is 6.92 Å². The van der Waals surface area contributed by atoms with Crippen LogP contribution in [0.25, 0.3) is 5.65 Å². The van der Waals surface area contributed by atoms with Crippen LogP contribution in [0.2, 0.25) is 0 Å². The van der Waals surface area contributed by atoms with E-state index in [2.05, 4.69) is 4.98 Å². The number of ether oxygens (including phenoxy) is 1. The fraction of sp³-hybridized carbons (Fsp3) is 0.125. The first-order valence-corrected chi connectivity index (χ1v) is 6.53. The van der Waals surface area contributed by atoms with Crippen molar-refractivity contribution in [3.05, 3.63) is 65.6 Å². The van der Waals surface area contributed by atoms with E-state index >= 15 is 0 Å². The average Bonchev–Trinajstić information content (AvgIpc) is 2.87. The summed E-state index contributed by atoms with van der Waals surface area (Å²) in [5, 5.41) is 9.11. The number of carboxylic acid groups (broad SMARTS) is 1. The van der Waals surface area contributed by atoms with Crippen LogP contribution in [0.15, 0.2) is 48.8 Å². The molecule has 0 spiro atoms. The molecule has 0 radical (unpaired) electrons. The molecule has 5 heteroatoms. The zero-order valence-electron chi connectivity index (χ0n) is 11.5. The fourth-order valence-electron chi connectivity index (χ4n) is 2.15. The zero-order chi connectivity index (χ0) is 14.8. The van der Waals surface area contributed by atoms with Crippen LogP contribution in [0.3, 0.4) is 0 Å². The van der Waals surface area contributed by atoms with Gasteiger partial charge in [-0.25, -0.2) is 9.78 Å². The van der Waals surface area contributed by atoms with Crippen molar-refractivity contribution in [2.24, 2.45) is 0 Å². The molecule has 0 unspecified atom stereocenters. The van der Waals surface area contributed by atoms with Crippen molar-refractivity contribution < 1.29 is 14.6 Å². The standard InChI is InChI=1S/C16H14N2O3/c1-11-6-7-15-17-12(9-18(15)8-11)10-21-14-5-3-2-4-13(14)16(19)20/h2-9H,10H2,1H3,(H,19,20). The molecule has 0 atom stereocenters. The van der Waals surface area contributed by atoms with E-state index in [1.807, 2.05) is 35.9 Å². The number of imidazole rings is 1. The second-order valence-electron chi connectivity index (χ2n) is 4.79. The van der Waals surface area contributed by atoms with Crippen molar-refractivity contribution in [3.63, 3.8) is 0 Å². The minimum absolute atomic E-state index is 0.150. The molecule has 3 rings (SSSR count). The third kappa shape index (κ3) is 2.72. The number of carbonyl (C=O) groups is 1. The molecule has 2 aromatic heterocycles. The highest BCUT2D eigenvalue weighted by Crippen LogP contribution is 2.19. The van der Waals surface area contributed by atoms with Crippen LogP contribution in [-0.4, -0.2) is 20.5 Å². The molecule has 0 aliphatic heterocycles. The number of carboxylic acids is 1. The molecule has 0 amide bonds. The van der Waals surface area contributed by atoms with E-state index in [-0.39, 0.29) is 12.2 Å². The van der Waals surface area contributed by atoms with Gasteiger partial charge in [-0.3, -0.25) is 0 Å². The number of nitrogens with zero attached hydrogens (tertiary/aromatic N) is 2. The number of aromatic carboxylic acids is 1. The van der Waals surface area contributed by atoms with Crippen molar-refractivity contribution in [3.8, 4) is 5.75 Å². The largest absolute Gasteiger partial charge is 0.486 e. The molecule has 0 fully saturated rings. The second-order valence-corrected chi connectivity index (χ2v) is 4.79. The summed E-state index contributed by atoms with van der Waals surface area (Å²) in [4.78, 5) is 15.5. The first kappa shape index (κ1) is 13.2. The number of fused-ring (bicyclic) bond motifs is 1. The molecule has 0 aliphatic rings. The highest BCUT2D eigenvalue weighted by Gasteiger charge is 2.11. The van der Waals surface area contributed by atoms with Crippen molar-refractivity contribution in [2.45, 2.75) is 13.5 Å². The number of hydrogen-bond acceptors (Lipinski definition) is 3. The van der Waals surface area contributed by atoms with E-state index in [4.69, 9.17) is 9.84 Å². The Morgan fingerprint density at radius 1 is 1.24 bits per heavy atom. The van der Waals surface area contributed by atoms with Crippen LogP contribution >= 0.6 is 0 Å². The van der Waals surface area contributed by atoms with Crippen LogP contribution in [-0.2, 0) is 6.61 Å². The summed E-state index contributed by atoms with van der Waals surface area (Å²) in [5.41, 5.74) is 2.88. The van der Waals surface area contributed by atoms with Gasteiger partial charge in [0.25, 0.3) is 0 Å². The zero-order valence-corrected chi connectivity index (χ0v) is 11.5. The fourth-order valence-corrected chi connectivity index (χ4v) is 2.15. The molecule has 0 aliphatic carbocycles. The third-order valence-corrected chi connectivity index (χ3v) is 3.14. The Hall–Kier alpha value is -2.82. The molecule has 0 bridgehead atoms. The molecule has 0 saturated carbocycles. The number of aromatic nitrogens is 2. The highest BCUT2D eigenvalue weighted by molar-refractivity contribution is 5.90. The van der Waals surface area contributed by atoms with E-state index in [0.29, 0.717) is 5.75 Å². The molecule has 1 N–H and O–H groups in total. The third-order valence-electron chi connectivity index (χ3n) is 3.14. The Kier molecular flexibility index (Phi) is 3.31. The maximum atomic E-state index is 11.1. The number of pyridine rings is 1. The Morgan fingerprint density at radius 3 is 2.86 bits per heavy atom. The molecule has 1 aromatic carbocycles. The summed E-state index contributed by atoms with van der Waals surface area (Å²) >= 11 is 0. The number of para-hydroxylation sites is 1. The molecular weight excluding hydrogens is 268 g/mol. The molecule has 3 aromatic rings. The highest BCUT2D eigenvalue weighted by atomic mass is 16.5. The summed E-state index contributed by atoms with van der Waals surface area (Å²) in [6, 6.07) is 10.5. The molecule has 21 heavy (non-hydrogen) atoms. The molecule has 0 saturated heterocycles. The number of rotatable bonds is 4. The van der Waals surface area contributed by atoms with Gasteiger partial charge in [0.05, 0.1) is 5.69 Å². The van der Waals surface area contributed by atoms with Gasteiger partial charge in [0.15, 0.2) is 0 Å². The molecule has 5 nitrogen and oxygen atoms in total. The summed E-state index contributed by atoms with van der Waals surface area (Å²) in [7, 11) is 0. The average molecular weight is 282 g/mol. The van der Waals surface area contributed by atoms with Crippen LogP contribution in [0.1, 0.15) is 21.6 Å². The Balaban J connectivity index is 1.82. The molecular formula is C16H14N2O3. The van der Waals surface area contributed by atoms with Crippen molar-refractivity contribution in [1.82, 2.24) is 9.38 Å². The maximum Gasteiger partial charge on any atom is 0.339 e. The summed E-state index contributed by atoms with van der Waals surface area (Å²) in [5.74, 6) is -0.658. The lowest BCUT2D eigenvalue weighted by atomic mass is 10.2. The van der Waals surface area contributed by atoms with Gasteiger partial charge in [0, 0.05) is 12.4 Å². The number of aryl methyl sites for hydroxylation is 1. The quantitative estimate of drug-likeness (QED) is 0.799. The van der Waals surface area contributed by atoms with Crippen LogP contribution in [0.4, 0.5) is 0 Å². The molecule has 2 heterocycles. The first-order valence-electron chi connectivity index (χ1n) is 6.53. The predicted octanol–water partition coefficient (Wildman–Crippen LogP) is 2.92. The number of benzene rings is 1. The van der Waals surface area contributed by atoms with Gasteiger partial charge in [-0.15, -0.1) is 0 Å². The van der Waals surface area contributed by atoms with E-state index in [1.54, 1.807) is 18.2 Å². The van der Waals surface area contributed by atoms with Crippen molar-refractivity contribution in [1.29, 1.82) is 0 Å². The summed E-state index contributed by atoms with van der Waals surface area (Å²) in [6.07, 6.45) is 3.86. The Morgan fingerprint density at radius 2 is 2.05 bits per heavy atom. The van der Waals surface area contributed by atoms with Gasteiger partial charge in [-0.2, -0.15) is 0 Å². The lowest BCUT2D eigenvalue weighted by Gasteiger charge is -2.06. The summed E-state index contributed by atoms with van der Waals surface area (Å²) < 4.78 is 7.52. The Bertz CT molecular complexity index is 808. The summed E-state index contributed by atoms with van der Waals surface area (Å²) in [6.45, 7) is 2.24. The molecule has 106 valence electrons. The van der Waals surface area contributed by atoms with Gasteiger partial charge in [0.1, 0.15) is 23.6 Å². The van der Waals surface area contributed by atoms with Gasteiger partial charge >= 0.3 is 5.97 Å². The van der Waals surface area contributed by atoms with Gasteiger partial charge < -0.3 is 14.2 Å². The van der Waals surface area contributed by atoms with Gasteiger partial charge in [0.2, 0.25) is 0 Å². The van der Waals surface area contributed by atoms with Gasteiger partial charge in [-0.1, -0.05) is 18.2 Å². The monoisotopic (exact) mass is 282 g/mol. The van der Waals surface area contributed by atoms with E-state index in [0.717, 1.165) is 16.9 Å². The van der Waals surface area contributed by atoms with Crippen LogP contribution < -0.4 is 4.74 Å². The predicted molar refractivity (Wildman–Crippen MR) is 77.7 cm³/mol. The minimum Gasteiger partial charge on any atom is -0.486 e. The second kappa shape index (κ2) is 5.28. The normalized spacial score (nSPS) is 10.7. The minimum atomic E-state index is -1.00. The lowest BCUT2D eigenvalue weighted by molar-refractivity contribution is 0.0691. The van der Waals surface area contributed by atoms with Crippen LogP contribution in [0.5, 0.6) is 5.75 Å². The lowest BCUT2D eigenvalue weighted by Crippen LogP contribution is -2.03. The van der Waals surface area contributed by atoms with Gasteiger partial charge in [-0.05, 0) is 30.7 Å².